The Balaban J connectivity index is 1.76. The number of nitrogens with zero attached hydrogens (tertiary/aromatic N) is 3. The van der Waals surface area contributed by atoms with Gasteiger partial charge in [-0.05, 0) is 25.0 Å². The van der Waals surface area contributed by atoms with Crippen molar-refractivity contribution in [2.24, 2.45) is 0 Å². The van der Waals surface area contributed by atoms with E-state index in [1.165, 1.54) is 6.07 Å². The second kappa shape index (κ2) is 5.51. The van der Waals surface area contributed by atoms with Crippen LogP contribution in [0.1, 0.15) is 12.8 Å². The average molecular weight is 311 g/mol. The first-order valence-electron chi connectivity index (χ1n) is 7.67. The summed E-state index contributed by atoms with van der Waals surface area (Å²) in [5.74, 6) is 0.553. The van der Waals surface area contributed by atoms with E-state index >= 15 is 0 Å². The molecule has 0 radical (unpaired) electrons. The minimum Gasteiger partial charge on any atom is -0.393 e. The van der Waals surface area contributed by atoms with Gasteiger partial charge < -0.3 is 15.0 Å². The summed E-state index contributed by atoms with van der Waals surface area (Å²) in [4.78, 5) is 28.8. The zero-order valence-corrected chi connectivity index (χ0v) is 12.5. The Labute approximate surface area is 132 Å². The summed E-state index contributed by atoms with van der Waals surface area (Å²) in [6.45, 7) is 1.37. The Bertz CT molecular complexity index is 893. The van der Waals surface area contributed by atoms with E-state index < -0.39 is 0 Å². The third-order valence-electron chi connectivity index (χ3n) is 4.22. The van der Waals surface area contributed by atoms with Gasteiger partial charge in [-0.1, -0.05) is 0 Å². The van der Waals surface area contributed by atoms with E-state index in [4.69, 9.17) is 0 Å². The van der Waals surface area contributed by atoms with Crippen LogP contribution >= 0.6 is 0 Å². The fourth-order valence-corrected chi connectivity index (χ4v) is 2.98. The molecule has 3 aromatic heterocycles. The molecule has 7 heteroatoms. The summed E-state index contributed by atoms with van der Waals surface area (Å²) >= 11 is 0. The zero-order chi connectivity index (χ0) is 15.8. The van der Waals surface area contributed by atoms with Crippen molar-refractivity contribution in [2.75, 3.05) is 18.0 Å². The predicted molar refractivity (Wildman–Crippen MR) is 87.4 cm³/mol. The summed E-state index contributed by atoms with van der Waals surface area (Å²) in [5.41, 5.74) is 2.06. The van der Waals surface area contributed by atoms with E-state index in [1.807, 2.05) is 23.2 Å². The smallest absolute Gasteiger partial charge is 0.252 e. The van der Waals surface area contributed by atoms with Crippen LogP contribution in [0.2, 0.25) is 0 Å². The van der Waals surface area contributed by atoms with Crippen molar-refractivity contribution in [1.82, 2.24) is 19.9 Å². The molecular formula is C16H17N5O2. The molecule has 0 saturated carbocycles. The molecule has 1 aliphatic heterocycles. The third-order valence-corrected chi connectivity index (χ3v) is 4.22. The standard InChI is InChI=1S/C16H17N5O2/c22-10-3-6-21(7-4-10)16-19-13(8-14(23)20-16)12-9-18-15-11(12)2-1-5-17-15/h1-2,5,8-10,22H,3-4,6-7H2,(H,17,18)(H,19,20,23). The van der Waals surface area contributed by atoms with E-state index in [2.05, 4.69) is 19.9 Å². The Kier molecular flexibility index (Phi) is 3.34. The number of aliphatic hydroxyl groups excluding tert-OH is 1. The molecule has 0 spiro atoms. The number of aromatic nitrogens is 4. The molecule has 0 bridgehead atoms. The molecule has 1 saturated heterocycles. The van der Waals surface area contributed by atoms with Crippen molar-refractivity contribution in [3.05, 3.63) is 40.9 Å². The first-order valence-corrected chi connectivity index (χ1v) is 7.67. The number of hydrogen-bond donors (Lipinski definition) is 3. The van der Waals surface area contributed by atoms with Crippen LogP contribution in [0.5, 0.6) is 0 Å². The first kappa shape index (κ1) is 14.0. The van der Waals surface area contributed by atoms with Crippen molar-refractivity contribution in [3.8, 4) is 11.3 Å². The van der Waals surface area contributed by atoms with Gasteiger partial charge in [0.25, 0.3) is 5.56 Å². The number of nitrogens with one attached hydrogen (secondary N) is 2. The van der Waals surface area contributed by atoms with Gasteiger partial charge in [-0.2, -0.15) is 0 Å². The molecule has 0 atom stereocenters. The second-order valence-corrected chi connectivity index (χ2v) is 5.77. The van der Waals surface area contributed by atoms with Crippen molar-refractivity contribution in [3.63, 3.8) is 0 Å². The Morgan fingerprint density at radius 1 is 1.30 bits per heavy atom. The highest BCUT2D eigenvalue weighted by atomic mass is 16.3. The van der Waals surface area contributed by atoms with Crippen LogP contribution in [0.25, 0.3) is 22.3 Å². The number of rotatable bonds is 2. The molecule has 118 valence electrons. The van der Waals surface area contributed by atoms with Gasteiger partial charge in [0.05, 0.1) is 11.8 Å². The highest BCUT2D eigenvalue weighted by molar-refractivity contribution is 5.92. The number of fused-ring (bicyclic) bond motifs is 1. The monoisotopic (exact) mass is 311 g/mol. The number of aromatic amines is 2. The van der Waals surface area contributed by atoms with Gasteiger partial charge in [-0.3, -0.25) is 9.78 Å². The lowest BCUT2D eigenvalue weighted by Crippen LogP contribution is -2.37. The third kappa shape index (κ3) is 2.59. The molecule has 3 aromatic rings. The SMILES string of the molecule is O=c1cc(-c2c[nH]c3ncccc23)nc(N2CCC(O)CC2)[nH]1. The molecule has 0 aliphatic carbocycles. The number of pyridine rings is 1. The molecule has 4 heterocycles. The van der Waals surface area contributed by atoms with Gasteiger partial charge >= 0.3 is 0 Å². The lowest BCUT2D eigenvalue weighted by Gasteiger charge is -2.30. The normalized spacial score (nSPS) is 16.1. The summed E-state index contributed by atoms with van der Waals surface area (Å²) in [6, 6.07) is 5.31. The quantitative estimate of drug-likeness (QED) is 0.662. The van der Waals surface area contributed by atoms with Crippen LogP contribution < -0.4 is 10.5 Å². The van der Waals surface area contributed by atoms with Crippen molar-refractivity contribution >= 4 is 17.0 Å². The van der Waals surface area contributed by atoms with Crippen molar-refractivity contribution < 1.29 is 5.11 Å². The molecule has 1 fully saturated rings. The second-order valence-electron chi connectivity index (χ2n) is 5.77. The van der Waals surface area contributed by atoms with Gasteiger partial charge in [0, 0.05) is 42.5 Å². The van der Waals surface area contributed by atoms with E-state index in [0.717, 1.165) is 16.6 Å². The van der Waals surface area contributed by atoms with E-state index in [9.17, 15) is 9.90 Å². The maximum atomic E-state index is 12.1. The summed E-state index contributed by atoms with van der Waals surface area (Å²) < 4.78 is 0. The predicted octanol–water partition coefficient (Wildman–Crippen LogP) is 1.27. The molecule has 0 unspecified atom stereocenters. The maximum Gasteiger partial charge on any atom is 0.252 e. The Hall–Kier alpha value is -2.67. The molecule has 23 heavy (non-hydrogen) atoms. The fourth-order valence-electron chi connectivity index (χ4n) is 2.98. The van der Waals surface area contributed by atoms with Crippen LogP contribution in [-0.2, 0) is 0 Å². The summed E-state index contributed by atoms with van der Waals surface area (Å²) in [5, 5.41) is 10.6. The minimum absolute atomic E-state index is 0.186. The van der Waals surface area contributed by atoms with Gasteiger partial charge in [0.1, 0.15) is 5.65 Å². The van der Waals surface area contributed by atoms with Crippen molar-refractivity contribution in [1.29, 1.82) is 0 Å². The first-order chi connectivity index (χ1) is 11.2. The maximum absolute atomic E-state index is 12.1. The molecule has 0 aromatic carbocycles. The summed E-state index contributed by atoms with van der Waals surface area (Å²) in [7, 11) is 0. The number of piperidine rings is 1. The number of anilines is 1. The van der Waals surface area contributed by atoms with E-state index in [1.54, 1.807) is 6.20 Å². The van der Waals surface area contributed by atoms with E-state index in [-0.39, 0.29) is 11.7 Å². The molecular weight excluding hydrogens is 294 g/mol. The lowest BCUT2D eigenvalue weighted by molar-refractivity contribution is 0.145. The molecule has 3 N–H and O–H groups in total. The molecule has 0 amide bonds. The largest absolute Gasteiger partial charge is 0.393 e. The van der Waals surface area contributed by atoms with Crippen molar-refractivity contribution in [2.45, 2.75) is 18.9 Å². The van der Waals surface area contributed by atoms with Crippen LogP contribution in [0.4, 0.5) is 5.95 Å². The van der Waals surface area contributed by atoms with Gasteiger partial charge in [-0.15, -0.1) is 0 Å². The van der Waals surface area contributed by atoms with Gasteiger partial charge in [-0.25, -0.2) is 9.97 Å². The molecule has 1 aliphatic rings. The van der Waals surface area contributed by atoms with Gasteiger partial charge in [0.2, 0.25) is 5.95 Å². The Morgan fingerprint density at radius 2 is 2.13 bits per heavy atom. The number of H-pyrrole nitrogens is 2. The van der Waals surface area contributed by atoms with Crippen LogP contribution in [0, 0.1) is 0 Å². The fraction of sp³-hybridized carbons (Fsp3) is 0.312. The highest BCUT2D eigenvalue weighted by Gasteiger charge is 2.20. The Morgan fingerprint density at radius 3 is 2.96 bits per heavy atom. The van der Waals surface area contributed by atoms with Crippen LogP contribution in [0.3, 0.4) is 0 Å². The van der Waals surface area contributed by atoms with Crippen LogP contribution in [0.15, 0.2) is 35.4 Å². The molecule has 7 nitrogen and oxygen atoms in total. The van der Waals surface area contributed by atoms with Gasteiger partial charge in [0.15, 0.2) is 0 Å². The number of aliphatic hydroxyl groups is 1. The highest BCUT2D eigenvalue weighted by Crippen LogP contribution is 2.26. The average Bonchev–Trinajstić information content (AvgIpc) is 2.99. The topological polar surface area (TPSA) is 97.9 Å². The van der Waals surface area contributed by atoms with E-state index in [0.29, 0.717) is 37.6 Å². The zero-order valence-electron chi connectivity index (χ0n) is 12.5. The summed E-state index contributed by atoms with van der Waals surface area (Å²) in [6.07, 6.45) is 4.65. The van der Waals surface area contributed by atoms with Crippen LogP contribution in [-0.4, -0.2) is 44.2 Å². The lowest BCUT2D eigenvalue weighted by atomic mass is 10.1. The molecule has 4 rings (SSSR count). The minimum atomic E-state index is -0.263. The number of hydrogen-bond acceptors (Lipinski definition) is 5.